The lowest BCUT2D eigenvalue weighted by atomic mass is 9.77. The molecule has 0 saturated heterocycles. The Bertz CT molecular complexity index is 2890. The molecular weight excluding hydrogens is 687 g/mol. The van der Waals surface area contributed by atoms with E-state index < -0.39 is 0 Å². The van der Waals surface area contributed by atoms with E-state index >= 15 is 0 Å². The summed E-state index contributed by atoms with van der Waals surface area (Å²) >= 11 is 0. The van der Waals surface area contributed by atoms with E-state index in [1.807, 2.05) is 0 Å². The molecule has 3 aliphatic rings. The van der Waals surface area contributed by atoms with Crippen LogP contribution in [-0.2, 0) is 0 Å². The summed E-state index contributed by atoms with van der Waals surface area (Å²) in [6.07, 6.45) is 5.17. The molecule has 11 rings (SSSR count). The molecule has 0 bridgehead atoms. The lowest BCUT2D eigenvalue weighted by molar-refractivity contribution is 0.784. The van der Waals surface area contributed by atoms with E-state index in [9.17, 15) is 0 Å². The fraction of sp³-hybridized carbons (Fsp3) is 0.143. The number of allylic oxidation sites excluding steroid dienone is 2. The smallest absolute Gasteiger partial charge is 0.0702 e. The minimum Gasteiger partial charge on any atom is -0.332 e. The van der Waals surface area contributed by atoms with Crippen LogP contribution >= 0.6 is 0 Å². The Morgan fingerprint density at radius 3 is 1.53 bits per heavy atom. The highest BCUT2D eigenvalue weighted by Gasteiger charge is 2.48. The highest BCUT2D eigenvalue weighted by Crippen LogP contribution is 2.61. The summed E-state index contributed by atoms with van der Waals surface area (Å²) in [4.78, 5) is 2.68. The number of anilines is 2. The maximum absolute atomic E-state index is 2.68. The Labute approximate surface area is 336 Å². The van der Waals surface area contributed by atoms with Gasteiger partial charge in [0.15, 0.2) is 0 Å². The molecule has 0 amide bonds. The quantitative estimate of drug-likeness (QED) is 0.165. The fourth-order valence-electron chi connectivity index (χ4n) is 9.85. The molecule has 57 heavy (non-hydrogen) atoms. The van der Waals surface area contributed by atoms with Crippen LogP contribution in [0.25, 0.3) is 66.1 Å². The second-order valence-corrected chi connectivity index (χ2v) is 16.9. The largest absolute Gasteiger partial charge is 0.332 e. The van der Waals surface area contributed by atoms with Gasteiger partial charge < -0.3 is 4.90 Å². The Kier molecular flexibility index (Phi) is 7.76. The number of nitrogens with zero attached hydrogens (tertiary/aromatic N) is 1. The van der Waals surface area contributed by atoms with Gasteiger partial charge in [0.25, 0.3) is 0 Å². The van der Waals surface area contributed by atoms with Gasteiger partial charge in [-0.1, -0.05) is 161 Å². The van der Waals surface area contributed by atoms with Crippen molar-refractivity contribution in [1.29, 1.82) is 0 Å². The average molecular weight is 732 g/mol. The summed E-state index contributed by atoms with van der Waals surface area (Å²) in [5, 5.41) is 5.25. The number of benzene rings is 8. The summed E-state index contributed by atoms with van der Waals surface area (Å²) in [6, 6.07) is 62.0. The van der Waals surface area contributed by atoms with Crippen LogP contribution in [0.2, 0.25) is 0 Å². The van der Waals surface area contributed by atoms with Gasteiger partial charge in [0.2, 0.25) is 0 Å². The van der Waals surface area contributed by atoms with Crippen molar-refractivity contribution >= 4 is 44.1 Å². The molecule has 2 unspecified atom stereocenters. The van der Waals surface area contributed by atoms with Crippen molar-refractivity contribution in [3.05, 3.63) is 204 Å². The number of hydrogen-bond donors (Lipinski definition) is 0. The van der Waals surface area contributed by atoms with E-state index in [4.69, 9.17) is 0 Å². The Balaban J connectivity index is 1.22. The molecule has 1 aliphatic carbocycles. The van der Waals surface area contributed by atoms with Crippen LogP contribution in [0, 0.1) is 0 Å². The van der Waals surface area contributed by atoms with E-state index in [1.165, 1.54) is 105 Å². The van der Waals surface area contributed by atoms with Crippen molar-refractivity contribution < 1.29 is 0 Å². The third kappa shape index (κ3) is 5.44. The minimum atomic E-state index is 0.185. The van der Waals surface area contributed by atoms with Crippen molar-refractivity contribution in [2.45, 2.75) is 51.5 Å². The van der Waals surface area contributed by atoms with Crippen LogP contribution in [0.5, 0.6) is 0 Å². The molecule has 0 aromatic heterocycles. The maximum Gasteiger partial charge on any atom is 0.0702 e. The maximum atomic E-state index is 2.68. The zero-order valence-corrected chi connectivity index (χ0v) is 33.0. The first-order chi connectivity index (χ1) is 27.9. The molecule has 8 aromatic rings. The topological polar surface area (TPSA) is 3.24 Å². The van der Waals surface area contributed by atoms with Crippen LogP contribution < -0.4 is 4.90 Å². The van der Waals surface area contributed by atoms with E-state index in [0.717, 1.165) is 0 Å². The monoisotopic (exact) mass is 731 g/mol. The van der Waals surface area contributed by atoms with Gasteiger partial charge in [-0.05, 0) is 143 Å². The van der Waals surface area contributed by atoms with Gasteiger partial charge in [0.1, 0.15) is 0 Å². The van der Waals surface area contributed by atoms with Gasteiger partial charge in [0.05, 0.1) is 11.7 Å². The molecule has 274 valence electrons. The van der Waals surface area contributed by atoms with Gasteiger partial charge in [-0.3, -0.25) is 0 Å². The normalized spacial score (nSPS) is 16.6. The van der Waals surface area contributed by atoms with Crippen molar-refractivity contribution in [1.82, 2.24) is 0 Å². The average Bonchev–Trinajstić information content (AvgIpc) is 3.75. The molecule has 0 radical (unpaired) electrons. The molecular formula is C56H45N. The summed E-state index contributed by atoms with van der Waals surface area (Å²) in [5.74, 6) is 1.14. The molecule has 0 N–H and O–H groups in total. The lowest BCUT2D eigenvalue weighted by Crippen LogP contribution is -2.26. The predicted octanol–water partition coefficient (Wildman–Crippen LogP) is 15.3. The van der Waals surface area contributed by atoms with Crippen LogP contribution in [0.3, 0.4) is 0 Å². The molecule has 2 atom stereocenters. The zero-order chi connectivity index (χ0) is 38.4. The highest BCUT2D eigenvalue weighted by atomic mass is 15.2. The van der Waals surface area contributed by atoms with Gasteiger partial charge in [-0.25, -0.2) is 0 Å². The SMILES string of the molecule is CC(C)c1ccc2cc3c(cc2c1)C1=CC(c2c(-c4ccccc4)cc(-c4ccccc4)cc2-c2ccccc2)=CC2c4cc5cc(C(C)C)ccc5cc4N3C12. The highest BCUT2D eigenvalue weighted by molar-refractivity contribution is 6.09. The molecule has 2 heterocycles. The summed E-state index contributed by atoms with van der Waals surface area (Å²) in [5.41, 5.74) is 19.6. The van der Waals surface area contributed by atoms with E-state index in [1.54, 1.807) is 0 Å². The third-order valence-corrected chi connectivity index (χ3v) is 12.8. The fourth-order valence-corrected chi connectivity index (χ4v) is 9.85. The molecule has 0 fully saturated rings. The van der Waals surface area contributed by atoms with Crippen molar-refractivity contribution in [3.8, 4) is 33.4 Å². The molecule has 1 nitrogen and oxygen atoms in total. The number of fused-ring (bicyclic) bond motifs is 8. The minimum absolute atomic E-state index is 0.185. The Morgan fingerprint density at radius 2 is 0.965 bits per heavy atom. The van der Waals surface area contributed by atoms with Gasteiger partial charge in [-0.15, -0.1) is 0 Å². The van der Waals surface area contributed by atoms with Gasteiger partial charge in [0, 0.05) is 17.2 Å². The summed E-state index contributed by atoms with van der Waals surface area (Å²) in [7, 11) is 0. The molecule has 1 heteroatoms. The first-order valence-corrected chi connectivity index (χ1v) is 20.6. The van der Waals surface area contributed by atoms with Crippen LogP contribution in [0.4, 0.5) is 11.4 Å². The zero-order valence-electron chi connectivity index (χ0n) is 33.0. The van der Waals surface area contributed by atoms with Crippen LogP contribution in [-0.4, -0.2) is 6.04 Å². The number of rotatable bonds is 6. The number of hydrogen-bond acceptors (Lipinski definition) is 1. The first-order valence-electron chi connectivity index (χ1n) is 20.6. The van der Waals surface area contributed by atoms with Crippen LogP contribution in [0.15, 0.2) is 176 Å². The second-order valence-electron chi connectivity index (χ2n) is 16.9. The molecule has 0 spiro atoms. The second kappa shape index (κ2) is 13.1. The van der Waals surface area contributed by atoms with Crippen molar-refractivity contribution in [2.75, 3.05) is 4.90 Å². The van der Waals surface area contributed by atoms with E-state index in [0.29, 0.717) is 11.8 Å². The molecule has 0 saturated carbocycles. The first kappa shape index (κ1) is 33.9. The Morgan fingerprint density at radius 1 is 0.439 bits per heavy atom. The van der Waals surface area contributed by atoms with E-state index in [2.05, 4.69) is 209 Å². The van der Waals surface area contributed by atoms with Crippen LogP contribution in [0.1, 0.15) is 73.3 Å². The van der Waals surface area contributed by atoms with Crippen molar-refractivity contribution in [3.63, 3.8) is 0 Å². The summed E-state index contributed by atoms with van der Waals surface area (Å²) in [6.45, 7) is 9.17. The van der Waals surface area contributed by atoms with Crippen molar-refractivity contribution in [2.24, 2.45) is 0 Å². The standard InChI is InChI=1S/C56H45N/c1-34(2)39-20-22-41-32-53-49(28-43(41)24-39)51-30-46(31-52-50-29-44-25-40(35(3)4)21-23-42(44)33-54(50)57(53)56(51)52)55-47(37-16-10-6-11-17-37)26-45(36-14-8-5-9-15-36)27-48(55)38-18-12-7-13-19-38/h5-35,51,56H,1-4H3. The Hall–Kier alpha value is -6.44. The molecule has 2 aliphatic heterocycles. The van der Waals surface area contributed by atoms with Gasteiger partial charge >= 0.3 is 0 Å². The third-order valence-electron chi connectivity index (χ3n) is 12.8. The molecule has 8 aromatic carbocycles. The van der Waals surface area contributed by atoms with E-state index in [-0.39, 0.29) is 12.0 Å². The van der Waals surface area contributed by atoms with Gasteiger partial charge in [-0.2, -0.15) is 0 Å². The predicted molar refractivity (Wildman–Crippen MR) is 243 cm³/mol. The summed E-state index contributed by atoms with van der Waals surface area (Å²) < 4.78 is 0. The lowest BCUT2D eigenvalue weighted by Gasteiger charge is -2.28.